The van der Waals surface area contributed by atoms with E-state index in [1.54, 1.807) is 6.07 Å². The van der Waals surface area contributed by atoms with Crippen molar-refractivity contribution in [3.8, 4) is 0 Å². The van der Waals surface area contributed by atoms with E-state index in [4.69, 9.17) is 13.3 Å². The van der Waals surface area contributed by atoms with Crippen molar-refractivity contribution in [3.63, 3.8) is 0 Å². The summed E-state index contributed by atoms with van der Waals surface area (Å²) >= 11 is 0. The van der Waals surface area contributed by atoms with Gasteiger partial charge in [0.05, 0.1) is 0 Å². The summed E-state index contributed by atoms with van der Waals surface area (Å²) in [6.07, 6.45) is 5.22. The van der Waals surface area contributed by atoms with Gasteiger partial charge < -0.3 is 13.3 Å². The first-order chi connectivity index (χ1) is 12.1. The van der Waals surface area contributed by atoms with Gasteiger partial charge in [-0.05, 0) is 56.2 Å². The molecule has 0 aliphatic heterocycles. The van der Waals surface area contributed by atoms with Crippen LogP contribution in [0, 0.1) is 11.6 Å². The second-order valence-corrected chi connectivity index (χ2v) is 8.92. The van der Waals surface area contributed by atoms with Crippen LogP contribution in [0.3, 0.4) is 0 Å². The Bertz CT molecular complexity index is 464. The molecule has 1 aromatic carbocycles. The maximum atomic E-state index is 13.3. The maximum absolute atomic E-state index is 13.3. The van der Waals surface area contributed by atoms with Crippen molar-refractivity contribution in [1.82, 2.24) is 0 Å². The summed E-state index contributed by atoms with van der Waals surface area (Å²) < 4.78 is 44.4. The molecule has 0 aliphatic rings. The lowest BCUT2D eigenvalue weighted by Crippen LogP contribution is -2.46. The van der Waals surface area contributed by atoms with Crippen LogP contribution in [0.1, 0.15) is 58.4 Å². The van der Waals surface area contributed by atoms with Gasteiger partial charge in [0.25, 0.3) is 0 Å². The van der Waals surface area contributed by atoms with Crippen LogP contribution in [-0.2, 0) is 19.7 Å². The molecule has 144 valence electrons. The van der Waals surface area contributed by atoms with Crippen molar-refractivity contribution in [2.75, 3.05) is 19.8 Å². The highest BCUT2D eigenvalue weighted by Gasteiger charge is 2.40. The zero-order chi connectivity index (χ0) is 18.5. The Balaban J connectivity index is 2.57. The first-order valence-electron chi connectivity index (χ1n) is 9.42. The summed E-state index contributed by atoms with van der Waals surface area (Å²) in [5, 5.41) is 0. The van der Waals surface area contributed by atoms with E-state index < -0.39 is 20.4 Å². The Morgan fingerprint density at radius 1 is 0.800 bits per heavy atom. The van der Waals surface area contributed by atoms with Crippen LogP contribution < -0.4 is 0 Å². The molecule has 1 rings (SSSR count). The number of unbranched alkanes of at least 4 members (excludes halogenated alkanes) is 1. The van der Waals surface area contributed by atoms with Gasteiger partial charge in [-0.15, -0.1) is 0 Å². The minimum Gasteiger partial charge on any atom is -0.373 e. The fourth-order valence-electron chi connectivity index (χ4n) is 2.48. The van der Waals surface area contributed by atoms with E-state index in [-0.39, 0.29) is 0 Å². The Hall–Kier alpha value is -0.823. The van der Waals surface area contributed by atoms with Crippen molar-refractivity contribution < 1.29 is 22.1 Å². The van der Waals surface area contributed by atoms with Crippen LogP contribution in [0.4, 0.5) is 8.78 Å². The van der Waals surface area contributed by atoms with Gasteiger partial charge in [0.2, 0.25) is 0 Å². The zero-order valence-corrected chi connectivity index (χ0v) is 16.8. The van der Waals surface area contributed by atoms with E-state index in [0.717, 1.165) is 43.7 Å². The maximum Gasteiger partial charge on any atom is 0.500 e. The first-order valence-corrected chi connectivity index (χ1v) is 11.4. The molecule has 0 amide bonds. The van der Waals surface area contributed by atoms with Gasteiger partial charge in [-0.25, -0.2) is 8.78 Å². The lowest BCUT2D eigenvalue weighted by Gasteiger charge is -2.29. The van der Waals surface area contributed by atoms with Crippen molar-refractivity contribution in [1.29, 1.82) is 0 Å². The van der Waals surface area contributed by atoms with Crippen molar-refractivity contribution in [2.45, 2.75) is 65.3 Å². The van der Waals surface area contributed by atoms with E-state index in [9.17, 15) is 8.78 Å². The number of halogens is 2. The fourth-order valence-corrected chi connectivity index (χ4v) is 5.39. The van der Waals surface area contributed by atoms with E-state index in [1.165, 1.54) is 12.1 Å². The molecule has 0 aromatic heterocycles. The molecule has 0 fully saturated rings. The predicted molar refractivity (Wildman–Crippen MR) is 98.6 cm³/mol. The summed E-state index contributed by atoms with van der Waals surface area (Å²) in [4.78, 5) is 0. The molecular weight excluding hydrogens is 342 g/mol. The van der Waals surface area contributed by atoms with Gasteiger partial charge in [0.15, 0.2) is 11.6 Å². The summed E-state index contributed by atoms with van der Waals surface area (Å²) in [6, 6.07) is 4.85. The number of aryl methyl sites for hydroxylation is 1. The number of rotatable bonds is 14. The third-order valence-electron chi connectivity index (χ3n) is 3.76. The molecule has 0 unspecified atom stereocenters. The molecule has 3 nitrogen and oxygen atoms in total. The molecule has 0 aliphatic carbocycles. The van der Waals surface area contributed by atoms with E-state index in [2.05, 4.69) is 20.8 Å². The van der Waals surface area contributed by atoms with Gasteiger partial charge in [-0.2, -0.15) is 0 Å². The summed E-state index contributed by atoms with van der Waals surface area (Å²) in [6.45, 7) is 8.14. The Labute approximate surface area is 152 Å². The first kappa shape index (κ1) is 22.2. The Morgan fingerprint density at radius 2 is 1.36 bits per heavy atom. The van der Waals surface area contributed by atoms with Crippen LogP contribution in [-0.4, -0.2) is 28.6 Å². The standard InChI is InChI=1S/C19H32F2O3Si/c1-4-12-22-25(23-13-5-2,24-14-6-3)15-8-7-9-17-10-11-18(20)19(21)16-17/h10-11,16H,4-9,12-15H2,1-3H3. The molecule has 0 heterocycles. The molecule has 6 heteroatoms. The second-order valence-electron chi connectivity index (χ2n) is 6.18. The molecule has 0 saturated heterocycles. The highest BCUT2D eigenvalue weighted by Crippen LogP contribution is 2.22. The fraction of sp³-hybridized carbons (Fsp3) is 0.684. The number of benzene rings is 1. The van der Waals surface area contributed by atoms with Gasteiger partial charge in [0.1, 0.15) is 0 Å². The average Bonchev–Trinajstić information content (AvgIpc) is 2.62. The van der Waals surface area contributed by atoms with Gasteiger partial charge in [0, 0.05) is 25.9 Å². The smallest absolute Gasteiger partial charge is 0.373 e. The third-order valence-corrected chi connectivity index (χ3v) is 6.66. The Morgan fingerprint density at radius 3 is 1.84 bits per heavy atom. The molecule has 0 saturated carbocycles. The monoisotopic (exact) mass is 374 g/mol. The largest absolute Gasteiger partial charge is 0.500 e. The lowest BCUT2D eigenvalue weighted by molar-refractivity contribution is 0.0586. The highest BCUT2D eigenvalue weighted by atomic mass is 28.4. The third kappa shape index (κ3) is 8.40. The second kappa shape index (κ2) is 12.5. The lowest BCUT2D eigenvalue weighted by atomic mass is 10.1. The number of hydrogen-bond acceptors (Lipinski definition) is 3. The predicted octanol–water partition coefficient (Wildman–Crippen LogP) is 5.51. The molecular formula is C19H32F2O3Si. The zero-order valence-electron chi connectivity index (χ0n) is 15.8. The van der Waals surface area contributed by atoms with Crippen LogP contribution in [0.2, 0.25) is 6.04 Å². The summed E-state index contributed by atoms with van der Waals surface area (Å²) in [5.74, 6) is -1.59. The van der Waals surface area contributed by atoms with Crippen LogP contribution in [0.15, 0.2) is 18.2 Å². The van der Waals surface area contributed by atoms with Crippen LogP contribution in [0.25, 0.3) is 0 Å². The Kier molecular flexibility index (Phi) is 11.1. The molecule has 25 heavy (non-hydrogen) atoms. The highest BCUT2D eigenvalue weighted by molar-refractivity contribution is 6.60. The number of hydrogen-bond donors (Lipinski definition) is 0. The van der Waals surface area contributed by atoms with E-state index in [0.29, 0.717) is 26.2 Å². The molecule has 0 atom stereocenters. The summed E-state index contributed by atoms with van der Waals surface area (Å²) in [7, 11) is -2.65. The molecule has 0 bridgehead atoms. The minimum atomic E-state index is -2.65. The molecule has 0 N–H and O–H groups in total. The molecule has 0 radical (unpaired) electrons. The van der Waals surface area contributed by atoms with Gasteiger partial charge >= 0.3 is 8.80 Å². The van der Waals surface area contributed by atoms with Crippen molar-refractivity contribution in [2.24, 2.45) is 0 Å². The minimum absolute atomic E-state index is 0.642. The van der Waals surface area contributed by atoms with E-state index in [1.807, 2.05) is 0 Å². The summed E-state index contributed by atoms with van der Waals surface area (Å²) in [5.41, 5.74) is 0.810. The molecule has 0 spiro atoms. The quantitative estimate of drug-likeness (QED) is 0.318. The normalized spacial score (nSPS) is 11.9. The van der Waals surface area contributed by atoms with Crippen molar-refractivity contribution >= 4 is 8.80 Å². The van der Waals surface area contributed by atoms with Crippen molar-refractivity contribution in [3.05, 3.63) is 35.4 Å². The van der Waals surface area contributed by atoms with E-state index >= 15 is 0 Å². The topological polar surface area (TPSA) is 27.7 Å². The van der Waals surface area contributed by atoms with Crippen LogP contribution in [0.5, 0.6) is 0 Å². The molecule has 1 aromatic rings. The average molecular weight is 375 g/mol. The van der Waals surface area contributed by atoms with Crippen LogP contribution >= 0.6 is 0 Å². The SMILES string of the molecule is CCCO[Si](CCCCc1ccc(F)c(F)c1)(OCCC)OCCC. The van der Waals surface area contributed by atoms with Gasteiger partial charge in [-0.1, -0.05) is 26.8 Å². The van der Waals surface area contributed by atoms with Gasteiger partial charge in [-0.3, -0.25) is 0 Å².